The summed E-state index contributed by atoms with van der Waals surface area (Å²) in [5.41, 5.74) is 6.48. The predicted octanol–water partition coefficient (Wildman–Crippen LogP) is -2.82. The SMILES string of the molecule is CC(O)C(NC(=O)C(N)Cc1cnc[nH]1)C(=O)N1CCCC1C(=O)NC(CC(=O)O)C(=O)O. The van der Waals surface area contributed by atoms with Gasteiger partial charge in [-0.15, -0.1) is 0 Å². The van der Waals surface area contributed by atoms with E-state index in [1.165, 1.54) is 19.4 Å². The topological polar surface area (TPSA) is 228 Å². The number of imidazole rings is 1. The first-order valence-corrected chi connectivity index (χ1v) is 10.3. The number of nitrogens with zero attached hydrogens (tertiary/aromatic N) is 2. The van der Waals surface area contributed by atoms with E-state index < -0.39 is 66.4 Å². The lowest BCUT2D eigenvalue weighted by Crippen LogP contribution is -2.59. The molecule has 2 heterocycles. The first kappa shape index (κ1) is 25.7. The van der Waals surface area contributed by atoms with Crippen molar-refractivity contribution in [3.63, 3.8) is 0 Å². The Morgan fingerprint density at radius 2 is 1.97 bits per heavy atom. The molecule has 0 aliphatic carbocycles. The van der Waals surface area contributed by atoms with Crippen molar-refractivity contribution >= 4 is 29.7 Å². The normalized spacial score (nSPS) is 19.2. The molecule has 1 aliphatic heterocycles. The molecular weight excluding hydrogens is 440 g/mol. The first-order chi connectivity index (χ1) is 15.5. The highest BCUT2D eigenvalue weighted by molar-refractivity contribution is 5.95. The maximum atomic E-state index is 13.1. The Kier molecular flexibility index (Phi) is 8.87. The van der Waals surface area contributed by atoms with Crippen LogP contribution in [0.4, 0.5) is 0 Å². The average Bonchev–Trinajstić information content (AvgIpc) is 3.42. The van der Waals surface area contributed by atoms with Crippen molar-refractivity contribution in [3.05, 3.63) is 18.2 Å². The molecule has 2 rings (SSSR count). The van der Waals surface area contributed by atoms with Gasteiger partial charge in [0.2, 0.25) is 17.7 Å². The van der Waals surface area contributed by atoms with Crippen LogP contribution in [0.25, 0.3) is 0 Å². The molecule has 3 amide bonds. The zero-order valence-electron chi connectivity index (χ0n) is 17.9. The molecule has 1 saturated heterocycles. The fourth-order valence-electron chi connectivity index (χ4n) is 3.50. The third-order valence-electron chi connectivity index (χ3n) is 5.21. The molecule has 1 fully saturated rings. The number of aliphatic hydroxyl groups is 1. The Hall–Kier alpha value is -3.52. The number of aromatic amines is 1. The van der Waals surface area contributed by atoms with E-state index in [2.05, 4.69) is 20.6 Å². The number of carboxylic acid groups (broad SMARTS) is 2. The highest BCUT2D eigenvalue weighted by Crippen LogP contribution is 2.20. The van der Waals surface area contributed by atoms with E-state index in [1.54, 1.807) is 0 Å². The van der Waals surface area contributed by atoms with E-state index in [9.17, 15) is 29.1 Å². The van der Waals surface area contributed by atoms with Crippen molar-refractivity contribution in [1.29, 1.82) is 0 Å². The summed E-state index contributed by atoms with van der Waals surface area (Å²) in [5.74, 6) is -5.21. The van der Waals surface area contributed by atoms with E-state index in [1.807, 2.05) is 0 Å². The summed E-state index contributed by atoms with van der Waals surface area (Å²) in [4.78, 5) is 68.0. The number of carbonyl (C=O) groups excluding carboxylic acids is 3. The van der Waals surface area contributed by atoms with Gasteiger partial charge in [-0.2, -0.15) is 0 Å². The van der Waals surface area contributed by atoms with E-state index in [0.29, 0.717) is 12.1 Å². The molecule has 8 N–H and O–H groups in total. The highest BCUT2D eigenvalue weighted by Gasteiger charge is 2.40. The van der Waals surface area contributed by atoms with Crippen molar-refractivity contribution in [2.45, 2.75) is 62.9 Å². The maximum Gasteiger partial charge on any atom is 0.326 e. The van der Waals surface area contributed by atoms with Gasteiger partial charge in [0.15, 0.2) is 0 Å². The molecule has 0 spiro atoms. The van der Waals surface area contributed by atoms with Crippen LogP contribution in [0.5, 0.6) is 0 Å². The second kappa shape index (κ2) is 11.4. The van der Waals surface area contributed by atoms with E-state index >= 15 is 0 Å². The molecular formula is C19H28N6O8. The molecule has 1 aromatic rings. The molecule has 5 unspecified atom stereocenters. The lowest BCUT2D eigenvalue weighted by molar-refractivity contribution is -0.149. The van der Waals surface area contributed by atoms with Gasteiger partial charge in [-0.1, -0.05) is 0 Å². The fraction of sp³-hybridized carbons (Fsp3) is 0.579. The Labute approximate surface area is 188 Å². The van der Waals surface area contributed by atoms with Crippen LogP contribution in [-0.2, 0) is 30.4 Å². The zero-order chi connectivity index (χ0) is 24.7. The van der Waals surface area contributed by atoms with Gasteiger partial charge in [-0.25, -0.2) is 9.78 Å². The monoisotopic (exact) mass is 468 g/mol. The van der Waals surface area contributed by atoms with Gasteiger partial charge in [0, 0.05) is 24.9 Å². The van der Waals surface area contributed by atoms with Gasteiger partial charge in [0.1, 0.15) is 18.1 Å². The molecule has 0 bridgehead atoms. The van der Waals surface area contributed by atoms with Crippen LogP contribution < -0.4 is 16.4 Å². The fourth-order valence-corrected chi connectivity index (χ4v) is 3.50. The predicted molar refractivity (Wildman–Crippen MR) is 110 cm³/mol. The molecule has 0 radical (unpaired) electrons. The van der Waals surface area contributed by atoms with Crippen molar-refractivity contribution in [2.75, 3.05) is 6.54 Å². The van der Waals surface area contributed by atoms with Crippen molar-refractivity contribution in [1.82, 2.24) is 25.5 Å². The number of nitrogens with two attached hydrogens (primary N) is 1. The van der Waals surface area contributed by atoms with Crippen LogP contribution in [0.1, 0.15) is 31.9 Å². The van der Waals surface area contributed by atoms with Gasteiger partial charge >= 0.3 is 11.9 Å². The number of hydrogen-bond acceptors (Lipinski definition) is 8. The number of aliphatic carboxylic acids is 2. The summed E-state index contributed by atoms with van der Waals surface area (Å²) < 4.78 is 0. The summed E-state index contributed by atoms with van der Waals surface area (Å²) in [5, 5.41) is 32.6. The molecule has 33 heavy (non-hydrogen) atoms. The third-order valence-corrected chi connectivity index (χ3v) is 5.21. The number of carboxylic acids is 2. The standard InChI is InChI=1S/C19H28N6O8/c1-9(26)15(24-16(29)11(20)5-10-7-21-8-22-10)18(31)25-4-2-3-13(25)17(30)23-12(19(32)33)6-14(27)28/h7-9,11-13,15,26H,2-6,20H2,1H3,(H,21,22)(H,23,30)(H,24,29)(H,27,28)(H,32,33). The van der Waals surface area contributed by atoms with Crippen LogP contribution in [-0.4, -0.2) is 96.7 Å². The second-order valence-corrected chi connectivity index (χ2v) is 7.80. The molecule has 1 aliphatic rings. The van der Waals surface area contributed by atoms with Crippen LogP contribution in [0, 0.1) is 0 Å². The van der Waals surface area contributed by atoms with Gasteiger partial charge in [-0.3, -0.25) is 19.2 Å². The molecule has 182 valence electrons. The number of rotatable bonds is 11. The Morgan fingerprint density at radius 3 is 2.52 bits per heavy atom. The molecule has 5 atom stereocenters. The largest absolute Gasteiger partial charge is 0.481 e. The maximum absolute atomic E-state index is 13.1. The first-order valence-electron chi connectivity index (χ1n) is 10.3. The summed E-state index contributed by atoms with van der Waals surface area (Å²) >= 11 is 0. The number of likely N-dealkylation sites (tertiary alicyclic amines) is 1. The molecule has 14 heteroatoms. The number of carbonyl (C=O) groups is 5. The number of H-pyrrole nitrogens is 1. The van der Waals surface area contributed by atoms with Crippen LogP contribution in [0.3, 0.4) is 0 Å². The van der Waals surface area contributed by atoms with Gasteiger partial charge < -0.3 is 41.6 Å². The molecule has 1 aromatic heterocycles. The Morgan fingerprint density at radius 1 is 1.27 bits per heavy atom. The highest BCUT2D eigenvalue weighted by atomic mass is 16.4. The lowest BCUT2D eigenvalue weighted by Gasteiger charge is -2.31. The number of amides is 3. The zero-order valence-corrected chi connectivity index (χ0v) is 17.9. The van der Waals surface area contributed by atoms with E-state index in [0.717, 1.165) is 4.90 Å². The van der Waals surface area contributed by atoms with Crippen molar-refractivity contribution in [3.8, 4) is 0 Å². The van der Waals surface area contributed by atoms with E-state index in [-0.39, 0.29) is 19.4 Å². The Bertz CT molecular complexity index is 874. The Balaban J connectivity index is 2.07. The minimum absolute atomic E-state index is 0.113. The molecule has 0 saturated carbocycles. The summed E-state index contributed by atoms with van der Waals surface area (Å²) in [7, 11) is 0. The molecule has 14 nitrogen and oxygen atoms in total. The number of aliphatic hydroxyl groups excluding tert-OH is 1. The second-order valence-electron chi connectivity index (χ2n) is 7.80. The number of nitrogens with one attached hydrogen (secondary N) is 3. The van der Waals surface area contributed by atoms with Crippen LogP contribution in [0.15, 0.2) is 12.5 Å². The average molecular weight is 468 g/mol. The van der Waals surface area contributed by atoms with Crippen LogP contribution in [0.2, 0.25) is 0 Å². The van der Waals surface area contributed by atoms with Crippen LogP contribution >= 0.6 is 0 Å². The number of hydrogen-bond donors (Lipinski definition) is 7. The summed E-state index contributed by atoms with van der Waals surface area (Å²) in [6.45, 7) is 1.43. The minimum Gasteiger partial charge on any atom is -0.481 e. The minimum atomic E-state index is -1.67. The third kappa shape index (κ3) is 6.98. The van der Waals surface area contributed by atoms with Crippen molar-refractivity contribution < 1.29 is 39.3 Å². The smallest absolute Gasteiger partial charge is 0.326 e. The van der Waals surface area contributed by atoms with Gasteiger partial charge in [0.25, 0.3) is 0 Å². The summed E-state index contributed by atoms with van der Waals surface area (Å²) in [6, 6.07) is -5.18. The van der Waals surface area contributed by atoms with E-state index in [4.69, 9.17) is 15.9 Å². The lowest BCUT2D eigenvalue weighted by atomic mass is 10.1. The number of aromatic nitrogens is 2. The van der Waals surface area contributed by atoms with Gasteiger partial charge in [0.05, 0.1) is 24.9 Å². The molecule has 0 aromatic carbocycles. The van der Waals surface area contributed by atoms with Crippen molar-refractivity contribution in [2.24, 2.45) is 5.73 Å². The van der Waals surface area contributed by atoms with Gasteiger partial charge in [-0.05, 0) is 19.8 Å². The summed E-state index contributed by atoms with van der Waals surface area (Å²) in [6.07, 6.45) is 1.50. The quantitative estimate of drug-likeness (QED) is 0.176.